The van der Waals surface area contributed by atoms with Crippen LogP contribution in [0.4, 0.5) is 0 Å². The molecule has 0 fully saturated rings. The average Bonchev–Trinajstić information content (AvgIpc) is 3.07. The number of benzene rings is 2. The van der Waals surface area contributed by atoms with E-state index in [9.17, 15) is 4.79 Å². The van der Waals surface area contributed by atoms with E-state index in [4.69, 9.17) is 9.47 Å². The Bertz CT molecular complexity index is 919. The quantitative estimate of drug-likeness (QED) is 0.671. The molecule has 0 atom stereocenters. The molecule has 0 saturated heterocycles. The molecule has 0 radical (unpaired) electrons. The van der Waals surface area contributed by atoms with Gasteiger partial charge in [-0.2, -0.15) is 0 Å². The van der Waals surface area contributed by atoms with E-state index in [1.165, 1.54) is 0 Å². The molecule has 3 aromatic rings. The molecule has 3 rings (SSSR count). The Morgan fingerprint density at radius 1 is 1.07 bits per heavy atom. The van der Waals surface area contributed by atoms with E-state index in [-0.39, 0.29) is 5.91 Å². The number of nitrogens with zero attached hydrogens (tertiary/aromatic N) is 1. The standard InChI is InChI=1S/C21H22N2O3S/c1-14-19(27-21(23-14)16-5-4-6-18(11-16)26-3)12-20(24)22-13-15-7-9-17(25-2)10-8-15/h4-11H,12-13H2,1-3H3,(H,22,24). The molecule has 1 N–H and O–H groups in total. The summed E-state index contributed by atoms with van der Waals surface area (Å²) in [6, 6.07) is 15.4. The summed E-state index contributed by atoms with van der Waals surface area (Å²) in [6.45, 7) is 2.43. The molecule has 1 heterocycles. The third-order valence-electron chi connectivity index (χ3n) is 4.18. The second kappa shape index (κ2) is 8.68. The van der Waals surface area contributed by atoms with Crippen molar-refractivity contribution >= 4 is 17.2 Å². The summed E-state index contributed by atoms with van der Waals surface area (Å²) in [7, 11) is 3.28. The molecule has 0 bridgehead atoms. The van der Waals surface area contributed by atoms with Crippen LogP contribution in [0.15, 0.2) is 48.5 Å². The van der Waals surface area contributed by atoms with E-state index >= 15 is 0 Å². The fourth-order valence-electron chi connectivity index (χ4n) is 2.62. The van der Waals surface area contributed by atoms with Crippen molar-refractivity contribution in [3.8, 4) is 22.1 Å². The van der Waals surface area contributed by atoms with Crippen molar-refractivity contribution in [1.82, 2.24) is 10.3 Å². The Balaban J connectivity index is 1.63. The Morgan fingerprint density at radius 3 is 2.52 bits per heavy atom. The normalized spacial score (nSPS) is 10.5. The van der Waals surface area contributed by atoms with Gasteiger partial charge >= 0.3 is 0 Å². The third-order valence-corrected chi connectivity index (χ3v) is 5.39. The average molecular weight is 382 g/mol. The van der Waals surface area contributed by atoms with Gasteiger partial charge in [0.1, 0.15) is 16.5 Å². The van der Waals surface area contributed by atoms with Gasteiger partial charge in [-0.1, -0.05) is 24.3 Å². The second-order valence-electron chi connectivity index (χ2n) is 6.06. The highest BCUT2D eigenvalue weighted by Crippen LogP contribution is 2.30. The fourth-order valence-corrected chi connectivity index (χ4v) is 3.68. The lowest BCUT2D eigenvalue weighted by atomic mass is 10.2. The van der Waals surface area contributed by atoms with E-state index < -0.39 is 0 Å². The molecule has 1 aromatic heterocycles. The smallest absolute Gasteiger partial charge is 0.225 e. The van der Waals surface area contributed by atoms with Gasteiger partial charge in [-0.3, -0.25) is 4.79 Å². The van der Waals surface area contributed by atoms with E-state index in [0.29, 0.717) is 13.0 Å². The van der Waals surface area contributed by atoms with Gasteiger partial charge in [0, 0.05) is 17.0 Å². The Hall–Kier alpha value is -2.86. The molecular weight excluding hydrogens is 360 g/mol. The maximum atomic E-state index is 12.3. The molecule has 0 unspecified atom stereocenters. The van der Waals surface area contributed by atoms with E-state index in [0.717, 1.165) is 38.2 Å². The van der Waals surface area contributed by atoms with Gasteiger partial charge in [0.05, 0.1) is 26.3 Å². The molecule has 27 heavy (non-hydrogen) atoms. The van der Waals surface area contributed by atoms with Crippen molar-refractivity contribution in [1.29, 1.82) is 0 Å². The van der Waals surface area contributed by atoms with Crippen LogP contribution in [0, 0.1) is 6.92 Å². The minimum atomic E-state index is -0.0187. The van der Waals surface area contributed by atoms with Crippen molar-refractivity contribution in [2.45, 2.75) is 19.9 Å². The molecular formula is C21H22N2O3S. The van der Waals surface area contributed by atoms with Crippen molar-refractivity contribution in [3.05, 3.63) is 64.7 Å². The topological polar surface area (TPSA) is 60.5 Å². The molecule has 6 heteroatoms. The lowest BCUT2D eigenvalue weighted by Gasteiger charge is -2.06. The van der Waals surface area contributed by atoms with Crippen molar-refractivity contribution in [2.24, 2.45) is 0 Å². The summed E-state index contributed by atoms with van der Waals surface area (Å²) < 4.78 is 10.4. The molecule has 1 amide bonds. The molecule has 0 aliphatic carbocycles. The molecule has 0 saturated carbocycles. The molecule has 0 aliphatic rings. The highest BCUT2D eigenvalue weighted by Gasteiger charge is 2.13. The van der Waals surface area contributed by atoms with Crippen LogP contribution >= 0.6 is 11.3 Å². The van der Waals surface area contributed by atoms with Gasteiger partial charge in [0.2, 0.25) is 5.91 Å². The largest absolute Gasteiger partial charge is 0.497 e. The highest BCUT2D eigenvalue weighted by atomic mass is 32.1. The summed E-state index contributed by atoms with van der Waals surface area (Å²) in [6.07, 6.45) is 0.323. The number of thiazole rings is 1. The highest BCUT2D eigenvalue weighted by molar-refractivity contribution is 7.15. The zero-order valence-electron chi connectivity index (χ0n) is 15.6. The summed E-state index contributed by atoms with van der Waals surface area (Å²) in [5.41, 5.74) is 2.91. The van der Waals surface area contributed by atoms with Crippen LogP contribution in [0.1, 0.15) is 16.1 Å². The summed E-state index contributed by atoms with van der Waals surface area (Å²) in [5, 5.41) is 3.85. The van der Waals surface area contributed by atoms with Crippen LogP contribution in [0.3, 0.4) is 0 Å². The number of hydrogen-bond acceptors (Lipinski definition) is 5. The molecule has 0 aliphatic heterocycles. The van der Waals surface area contributed by atoms with E-state index in [1.54, 1.807) is 25.6 Å². The molecule has 0 spiro atoms. The third kappa shape index (κ3) is 4.86. The number of carbonyl (C=O) groups excluding carboxylic acids is 1. The maximum absolute atomic E-state index is 12.3. The minimum absolute atomic E-state index is 0.0187. The van der Waals surface area contributed by atoms with E-state index in [1.807, 2.05) is 55.5 Å². The number of hydrogen-bond donors (Lipinski definition) is 1. The number of methoxy groups -OCH3 is 2. The van der Waals surface area contributed by atoms with Crippen LogP contribution in [0.25, 0.3) is 10.6 Å². The Labute approximate surface area is 163 Å². The van der Waals surface area contributed by atoms with Gasteiger partial charge in [-0.15, -0.1) is 11.3 Å². The second-order valence-corrected chi connectivity index (χ2v) is 7.14. The van der Waals surface area contributed by atoms with Crippen LogP contribution in [-0.4, -0.2) is 25.1 Å². The lowest BCUT2D eigenvalue weighted by molar-refractivity contribution is -0.120. The Morgan fingerprint density at radius 2 is 1.81 bits per heavy atom. The molecule has 2 aromatic carbocycles. The molecule has 5 nitrogen and oxygen atoms in total. The van der Waals surface area contributed by atoms with Crippen LogP contribution in [0.2, 0.25) is 0 Å². The lowest BCUT2D eigenvalue weighted by Crippen LogP contribution is -2.24. The van der Waals surface area contributed by atoms with Gasteiger partial charge in [0.25, 0.3) is 0 Å². The maximum Gasteiger partial charge on any atom is 0.225 e. The number of nitrogens with one attached hydrogen (secondary N) is 1. The predicted molar refractivity (Wildman–Crippen MR) is 107 cm³/mol. The van der Waals surface area contributed by atoms with Crippen LogP contribution in [-0.2, 0) is 17.8 Å². The van der Waals surface area contributed by atoms with Crippen LogP contribution < -0.4 is 14.8 Å². The van der Waals surface area contributed by atoms with E-state index in [2.05, 4.69) is 10.3 Å². The summed E-state index contributed by atoms with van der Waals surface area (Å²) >= 11 is 1.54. The Kier molecular flexibility index (Phi) is 6.08. The van der Waals surface area contributed by atoms with Gasteiger partial charge < -0.3 is 14.8 Å². The zero-order chi connectivity index (χ0) is 19.2. The minimum Gasteiger partial charge on any atom is -0.497 e. The number of aromatic nitrogens is 1. The summed E-state index contributed by atoms with van der Waals surface area (Å²) in [5.74, 6) is 1.57. The van der Waals surface area contributed by atoms with Crippen LogP contribution in [0.5, 0.6) is 11.5 Å². The number of amides is 1. The monoisotopic (exact) mass is 382 g/mol. The van der Waals surface area contributed by atoms with Gasteiger partial charge in [-0.25, -0.2) is 4.98 Å². The number of aryl methyl sites for hydroxylation is 1. The molecule has 140 valence electrons. The zero-order valence-corrected chi connectivity index (χ0v) is 16.4. The first-order valence-electron chi connectivity index (χ1n) is 8.59. The SMILES string of the molecule is COc1ccc(CNC(=O)Cc2sc(-c3cccc(OC)c3)nc2C)cc1. The fraction of sp³-hybridized carbons (Fsp3) is 0.238. The predicted octanol–water partition coefficient (Wildman–Crippen LogP) is 3.99. The first-order chi connectivity index (χ1) is 13.1. The number of carbonyl (C=O) groups is 1. The van der Waals surface area contributed by atoms with Gasteiger partial charge in [0.15, 0.2) is 0 Å². The number of rotatable bonds is 7. The number of ether oxygens (including phenoxy) is 2. The van der Waals surface area contributed by atoms with Gasteiger partial charge in [-0.05, 0) is 36.8 Å². The van der Waals surface area contributed by atoms with Crippen molar-refractivity contribution < 1.29 is 14.3 Å². The first-order valence-corrected chi connectivity index (χ1v) is 9.41. The van der Waals surface area contributed by atoms with Crippen molar-refractivity contribution in [2.75, 3.05) is 14.2 Å². The first kappa shape index (κ1) is 18.9. The van der Waals surface area contributed by atoms with Crippen molar-refractivity contribution in [3.63, 3.8) is 0 Å². The summed E-state index contributed by atoms with van der Waals surface area (Å²) in [4.78, 5) is 17.9.